The lowest BCUT2D eigenvalue weighted by Crippen LogP contribution is -2.48. The first-order chi connectivity index (χ1) is 11.4. The molecule has 1 amide bonds. The second kappa shape index (κ2) is 7.52. The molecule has 0 spiro atoms. The van der Waals surface area contributed by atoms with Crippen molar-refractivity contribution in [2.24, 2.45) is 0 Å². The van der Waals surface area contributed by atoms with Gasteiger partial charge in [0.2, 0.25) is 0 Å². The number of aryl methyl sites for hydroxylation is 2. The number of nitrogens with zero attached hydrogens (tertiary/aromatic N) is 3. The maximum absolute atomic E-state index is 12.7. The Balaban J connectivity index is 1.60. The van der Waals surface area contributed by atoms with Crippen molar-refractivity contribution in [2.75, 3.05) is 26.2 Å². The Morgan fingerprint density at radius 2 is 2.00 bits per heavy atom. The van der Waals surface area contributed by atoms with Crippen molar-refractivity contribution in [1.29, 1.82) is 0 Å². The van der Waals surface area contributed by atoms with E-state index >= 15 is 0 Å². The van der Waals surface area contributed by atoms with Crippen LogP contribution in [0.5, 0.6) is 0 Å². The number of benzene rings is 1. The van der Waals surface area contributed by atoms with Crippen LogP contribution in [0.2, 0.25) is 5.02 Å². The van der Waals surface area contributed by atoms with Gasteiger partial charge in [-0.1, -0.05) is 27.5 Å². The zero-order valence-electron chi connectivity index (χ0n) is 13.7. The van der Waals surface area contributed by atoms with Crippen molar-refractivity contribution in [3.8, 4) is 0 Å². The number of piperazine rings is 1. The zero-order chi connectivity index (χ0) is 17.3. The van der Waals surface area contributed by atoms with Crippen LogP contribution < -0.4 is 0 Å². The van der Waals surface area contributed by atoms with Gasteiger partial charge in [-0.25, -0.2) is 4.98 Å². The molecule has 2 aromatic rings. The molecule has 4 nitrogen and oxygen atoms in total. The monoisotopic (exact) mass is 427 g/mol. The van der Waals surface area contributed by atoms with Gasteiger partial charge in [-0.05, 0) is 32.0 Å². The predicted octanol–water partition coefficient (Wildman–Crippen LogP) is 4.13. The third kappa shape index (κ3) is 3.99. The lowest BCUT2D eigenvalue weighted by molar-refractivity contribution is 0.0628. The summed E-state index contributed by atoms with van der Waals surface area (Å²) in [5, 5.41) is 1.65. The van der Waals surface area contributed by atoms with E-state index in [2.05, 4.69) is 32.7 Å². The maximum Gasteiger partial charge on any atom is 0.255 e. The van der Waals surface area contributed by atoms with Crippen molar-refractivity contribution in [2.45, 2.75) is 20.4 Å². The molecule has 1 aromatic carbocycles. The minimum Gasteiger partial charge on any atom is -0.336 e. The molecule has 0 N–H and O–H groups in total. The second-order valence-electron chi connectivity index (χ2n) is 5.94. The Labute approximate surface area is 159 Å². The molecule has 24 heavy (non-hydrogen) atoms. The molecule has 1 fully saturated rings. The topological polar surface area (TPSA) is 36.4 Å². The molecule has 1 saturated heterocycles. The van der Waals surface area contributed by atoms with Crippen LogP contribution in [0, 0.1) is 13.8 Å². The predicted molar refractivity (Wildman–Crippen MR) is 102 cm³/mol. The smallest absolute Gasteiger partial charge is 0.255 e. The first-order valence-electron chi connectivity index (χ1n) is 7.83. The van der Waals surface area contributed by atoms with Crippen LogP contribution in [0.15, 0.2) is 22.7 Å². The van der Waals surface area contributed by atoms with Crippen LogP contribution in [0.4, 0.5) is 0 Å². The average molecular weight is 429 g/mol. The molecular formula is C17H19BrClN3OS. The summed E-state index contributed by atoms with van der Waals surface area (Å²) in [5.74, 6) is 0.00175. The zero-order valence-corrected chi connectivity index (χ0v) is 16.8. The van der Waals surface area contributed by atoms with E-state index in [1.807, 2.05) is 17.9 Å². The molecule has 0 saturated carbocycles. The van der Waals surface area contributed by atoms with Crippen LogP contribution in [0.1, 0.15) is 25.9 Å². The van der Waals surface area contributed by atoms with Gasteiger partial charge in [0.25, 0.3) is 5.91 Å². The molecule has 2 heterocycles. The van der Waals surface area contributed by atoms with Crippen molar-refractivity contribution in [1.82, 2.24) is 14.8 Å². The van der Waals surface area contributed by atoms with Crippen LogP contribution >= 0.6 is 38.9 Å². The molecule has 0 aliphatic carbocycles. The van der Waals surface area contributed by atoms with Gasteiger partial charge in [0.05, 0.1) is 22.8 Å². The normalized spacial score (nSPS) is 15.8. The molecule has 0 bridgehead atoms. The standard InChI is InChI=1S/C17H19BrClN3OS/c1-11-12(2)24-16(20-11)10-21-5-7-22(8-6-21)17(23)14-9-13(18)3-4-15(14)19/h3-4,9H,5-8,10H2,1-2H3. The Morgan fingerprint density at radius 1 is 1.29 bits per heavy atom. The van der Waals surface area contributed by atoms with Crippen molar-refractivity contribution >= 4 is 44.8 Å². The van der Waals surface area contributed by atoms with Gasteiger partial charge in [-0.2, -0.15) is 0 Å². The van der Waals surface area contributed by atoms with Crippen molar-refractivity contribution in [3.63, 3.8) is 0 Å². The van der Waals surface area contributed by atoms with Crippen molar-refractivity contribution in [3.05, 3.63) is 48.8 Å². The van der Waals surface area contributed by atoms with E-state index in [0.717, 1.165) is 34.8 Å². The van der Waals surface area contributed by atoms with Crippen LogP contribution in [0.3, 0.4) is 0 Å². The number of halogens is 2. The van der Waals surface area contributed by atoms with E-state index in [1.54, 1.807) is 23.5 Å². The van der Waals surface area contributed by atoms with Gasteiger partial charge in [0.1, 0.15) is 5.01 Å². The van der Waals surface area contributed by atoms with Gasteiger partial charge in [-0.15, -0.1) is 11.3 Å². The largest absolute Gasteiger partial charge is 0.336 e. The Kier molecular flexibility index (Phi) is 5.59. The lowest BCUT2D eigenvalue weighted by atomic mass is 10.2. The molecule has 1 aliphatic rings. The molecule has 0 unspecified atom stereocenters. The third-order valence-electron chi connectivity index (χ3n) is 4.25. The van der Waals surface area contributed by atoms with E-state index in [4.69, 9.17) is 11.6 Å². The second-order valence-corrected chi connectivity index (χ2v) is 8.55. The first-order valence-corrected chi connectivity index (χ1v) is 9.82. The Morgan fingerprint density at radius 3 is 2.62 bits per heavy atom. The first kappa shape index (κ1) is 17.9. The van der Waals surface area contributed by atoms with Crippen molar-refractivity contribution < 1.29 is 4.79 Å². The third-order valence-corrected chi connectivity index (χ3v) is 6.13. The number of thiazole rings is 1. The van der Waals surface area contributed by atoms with Crippen LogP contribution in [-0.2, 0) is 6.54 Å². The number of amides is 1. The minimum absolute atomic E-state index is 0.00175. The van der Waals surface area contributed by atoms with Gasteiger partial charge >= 0.3 is 0 Å². The molecule has 0 atom stereocenters. The molecule has 0 radical (unpaired) electrons. The summed E-state index contributed by atoms with van der Waals surface area (Å²) in [7, 11) is 0. The summed E-state index contributed by atoms with van der Waals surface area (Å²) in [6, 6.07) is 5.38. The highest BCUT2D eigenvalue weighted by Gasteiger charge is 2.24. The maximum atomic E-state index is 12.7. The number of aromatic nitrogens is 1. The summed E-state index contributed by atoms with van der Waals surface area (Å²) in [5.41, 5.74) is 1.68. The molecule has 1 aromatic heterocycles. The molecular weight excluding hydrogens is 410 g/mol. The average Bonchev–Trinajstić information content (AvgIpc) is 2.87. The summed E-state index contributed by atoms with van der Waals surface area (Å²) >= 11 is 11.3. The van der Waals surface area contributed by atoms with Gasteiger partial charge in [-0.3, -0.25) is 9.69 Å². The quantitative estimate of drug-likeness (QED) is 0.737. The SMILES string of the molecule is Cc1nc(CN2CCN(C(=O)c3cc(Br)ccc3Cl)CC2)sc1C. The van der Waals surface area contributed by atoms with E-state index in [1.165, 1.54) is 4.88 Å². The highest BCUT2D eigenvalue weighted by atomic mass is 79.9. The fourth-order valence-electron chi connectivity index (χ4n) is 2.74. The summed E-state index contributed by atoms with van der Waals surface area (Å²) in [6.45, 7) is 8.15. The summed E-state index contributed by atoms with van der Waals surface area (Å²) < 4.78 is 0.864. The van der Waals surface area contributed by atoms with Crippen LogP contribution in [-0.4, -0.2) is 46.9 Å². The fourth-order valence-corrected chi connectivity index (χ4v) is 4.27. The molecule has 1 aliphatic heterocycles. The van der Waals surface area contributed by atoms with Gasteiger partial charge in [0, 0.05) is 35.5 Å². The summed E-state index contributed by atoms with van der Waals surface area (Å²) in [6.07, 6.45) is 0. The number of hydrogen-bond acceptors (Lipinski definition) is 4. The van der Waals surface area contributed by atoms with E-state index in [0.29, 0.717) is 23.7 Å². The Hall–Kier alpha value is -0.950. The number of rotatable bonds is 3. The summed E-state index contributed by atoms with van der Waals surface area (Å²) in [4.78, 5) is 22.8. The van der Waals surface area contributed by atoms with E-state index < -0.39 is 0 Å². The molecule has 7 heteroatoms. The number of carbonyl (C=O) groups is 1. The van der Waals surface area contributed by atoms with Crippen LogP contribution in [0.25, 0.3) is 0 Å². The fraction of sp³-hybridized carbons (Fsp3) is 0.412. The molecule has 128 valence electrons. The van der Waals surface area contributed by atoms with E-state index in [9.17, 15) is 4.79 Å². The number of hydrogen-bond donors (Lipinski definition) is 0. The number of carbonyl (C=O) groups excluding carboxylic acids is 1. The molecule has 3 rings (SSSR count). The highest BCUT2D eigenvalue weighted by Crippen LogP contribution is 2.23. The van der Waals surface area contributed by atoms with Gasteiger partial charge < -0.3 is 4.90 Å². The van der Waals surface area contributed by atoms with E-state index in [-0.39, 0.29) is 5.91 Å². The Bertz CT molecular complexity index is 737. The lowest BCUT2D eigenvalue weighted by Gasteiger charge is -2.34. The minimum atomic E-state index is 0.00175. The van der Waals surface area contributed by atoms with Gasteiger partial charge in [0.15, 0.2) is 0 Å². The highest BCUT2D eigenvalue weighted by molar-refractivity contribution is 9.10.